The molecule has 2 rings (SSSR count). The van der Waals surface area contributed by atoms with E-state index in [2.05, 4.69) is 0 Å². The Labute approximate surface area is 112 Å². The molecule has 0 unspecified atom stereocenters. The molecule has 1 saturated carbocycles. The Morgan fingerprint density at radius 1 is 1.28 bits per heavy atom. The molecule has 0 amide bonds. The lowest BCUT2D eigenvalue weighted by atomic mass is 10.2. The van der Waals surface area contributed by atoms with Gasteiger partial charge in [-0.3, -0.25) is 0 Å². The van der Waals surface area contributed by atoms with Crippen molar-refractivity contribution in [2.75, 3.05) is 11.6 Å². The summed E-state index contributed by atoms with van der Waals surface area (Å²) in [5, 5.41) is 0. The lowest BCUT2D eigenvalue weighted by Crippen LogP contribution is -2.34. The zero-order valence-corrected chi connectivity index (χ0v) is 11.4. The van der Waals surface area contributed by atoms with E-state index in [-0.39, 0.29) is 23.5 Å². The quantitative estimate of drug-likeness (QED) is 0.755. The molecule has 18 heavy (non-hydrogen) atoms. The summed E-state index contributed by atoms with van der Waals surface area (Å²) in [5.41, 5.74) is 0.793. The van der Waals surface area contributed by atoms with Crippen LogP contribution in [0.2, 0.25) is 0 Å². The first kappa shape index (κ1) is 13.8. The molecule has 0 spiro atoms. The van der Waals surface area contributed by atoms with Crippen LogP contribution in [-0.2, 0) is 16.6 Å². The first-order valence-electron chi connectivity index (χ1n) is 5.83. The molecule has 0 atom stereocenters. The van der Waals surface area contributed by atoms with Gasteiger partial charge in [-0.05, 0) is 30.5 Å². The van der Waals surface area contributed by atoms with E-state index in [1.54, 1.807) is 12.1 Å². The second-order valence-electron chi connectivity index (χ2n) is 4.41. The van der Waals surface area contributed by atoms with Crippen LogP contribution in [0.4, 0.5) is 4.39 Å². The van der Waals surface area contributed by atoms with Crippen molar-refractivity contribution in [2.24, 2.45) is 0 Å². The van der Waals surface area contributed by atoms with Crippen LogP contribution in [0.25, 0.3) is 0 Å². The Balaban J connectivity index is 2.14. The molecule has 1 aromatic rings. The Bertz CT molecular complexity index is 499. The predicted molar refractivity (Wildman–Crippen MR) is 69.5 cm³/mol. The van der Waals surface area contributed by atoms with Crippen molar-refractivity contribution in [3.05, 3.63) is 35.6 Å². The minimum absolute atomic E-state index is 0.0494. The van der Waals surface area contributed by atoms with Gasteiger partial charge in [-0.25, -0.2) is 12.8 Å². The van der Waals surface area contributed by atoms with Crippen molar-refractivity contribution < 1.29 is 12.8 Å². The molecule has 0 radical (unpaired) electrons. The summed E-state index contributed by atoms with van der Waals surface area (Å²) in [6.07, 6.45) is 1.78. The molecule has 0 bridgehead atoms. The maximum atomic E-state index is 12.8. The summed E-state index contributed by atoms with van der Waals surface area (Å²) in [5.74, 6) is -0.276. The summed E-state index contributed by atoms with van der Waals surface area (Å²) in [6, 6.07) is 5.99. The van der Waals surface area contributed by atoms with Crippen LogP contribution < -0.4 is 0 Å². The highest BCUT2D eigenvalue weighted by molar-refractivity contribution is 7.89. The molecular formula is C12H15ClFNO2S. The second-order valence-corrected chi connectivity index (χ2v) is 6.83. The first-order chi connectivity index (χ1) is 8.53. The third-order valence-electron chi connectivity index (χ3n) is 2.90. The van der Waals surface area contributed by atoms with Gasteiger partial charge in [0.15, 0.2) is 0 Å². The van der Waals surface area contributed by atoms with Crippen LogP contribution in [0, 0.1) is 5.82 Å². The van der Waals surface area contributed by atoms with Crippen LogP contribution >= 0.6 is 11.6 Å². The molecule has 0 saturated heterocycles. The van der Waals surface area contributed by atoms with Crippen molar-refractivity contribution in [2.45, 2.75) is 25.4 Å². The fraction of sp³-hybridized carbons (Fsp3) is 0.500. The van der Waals surface area contributed by atoms with Crippen molar-refractivity contribution in [1.82, 2.24) is 4.31 Å². The molecule has 6 heteroatoms. The molecular weight excluding hydrogens is 277 g/mol. The SMILES string of the molecule is O=S(=O)(CCCl)N(Cc1ccc(F)cc1)C1CC1. The van der Waals surface area contributed by atoms with Crippen molar-refractivity contribution in [1.29, 1.82) is 0 Å². The highest BCUT2D eigenvalue weighted by Crippen LogP contribution is 2.31. The van der Waals surface area contributed by atoms with Gasteiger partial charge in [-0.1, -0.05) is 12.1 Å². The topological polar surface area (TPSA) is 37.4 Å². The Kier molecular flexibility index (Phi) is 4.25. The van der Waals surface area contributed by atoms with Crippen molar-refractivity contribution in [3.63, 3.8) is 0 Å². The number of benzene rings is 1. The van der Waals surface area contributed by atoms with E-state index in [0.717, 1.165) is 18.4 Å². The van der Waals surface area contributed by atoms with Gasteiger partial charge in [0.05, 0.1) is 5.75 Å². The normalized spacial score (nSPS) is 16.2. The van der Waals surface area contributed by atoms with Crippen LogP contribution in [0.5, 0.6) is 0 Å². The average molecular weight is 292 g/mol. The van der Waals surface area contributed by atoms with Crippen LogP contribution in [-0.4, -0.2) is 30.4 Å². The van der Waals surface area contributed by atoms with E-state index in [9.17, 15) is 12.8 Å². The molecule has 100 valence electrons. The van der Waals surface area contributed by atoms with Gasteiger partial charge in [0.25, 0.3) is 0 Å². The van der Waals surface area contributed by atoms with E-state index in [1.807, 2.05) is 0 Å². The minimum atomic E-state index is -3.31. The number of halogens is 2. The molecule has 1 fully saturated rings. The van der Waals surface area contributed by atoms with E-state index in [1.165, 1.54) is 16.4 Å². The second kappa shape index (κ2) is 5.55. The number of hydrogen-bond acceptors (Lipinski definition) is 2. The molecule has 0 heterocycles. The molecule has 1 aliphatic carbocycles. The van der Waals surface area contributed by atoms with E-state index in [0.29, 0.717) is 6.54 Å². The lowest BCUT2D eigenvalue weighted by Gasteiger charge is -2.21. The molecule has 1 aliphatic rings. The average Bonchev–Trinajstić information content (AvgIpc) is 3.12. The van der Waals surface area contributed by atoms with Crippen molar-refractivity contribution >= 4 is 21.6 Å². The van der Waals surface area contributed by atoms with Crippen LogP contribution in [0.15, 0.2) is 24.3 Å². The molecule has 0 N–H and O–H groups in total. The number of sulfonamides is 1. The predicted octanol–water partition coefficient (Wildman–Crippen LogP) is 2.36. The third-order valence-corrected chi connectivity index (χ3v) is 5.17. The van der Waals surface area contributed by atoms with E-state index < -0.39 is 10.0 Å². The highest BCUT2D eigenvalue weighted by atomic mass is 35.5. The summed E-state index contributed by atoms with van der Waals surface area (Å²) in [7, 11) is -3.31. The summed E-state index contributed by atoms with van der Waals surface area (Å²) in [4.78, 5) is 0. The lowest BCUT2D eigenvalue weighted by molar-refractivity contribution is 0.399. The van der Waals surface area contributed by atoms with Gasteiger partial charge in [0.2, 0.25) is 10.0 Å². The fourth-order valence-electron chi connectivity index (χ4n) is 1.80. The largest absolute Gasteiger partial charge is 0.215 e. The fourth-order valence-corrected chi connectivity index (χ4v) is 3.83. The number of rotatable bonds is 6. The van der Waals surface area contributed by atoms with Gasteiger partial charge in [0.1, 0.15) is 5.82 Å². The molecule has 3 nitrogen and oxygen atoms in total. The van der Waals surface area contributed by atoms with E-state index in [4.69, 9.17) is 11.6 Å². The standard InChI is InChI=1S/C12H15ClFNO2S/c13-7-8-18(16,17)15(12-5-6-12)9-10-1-3-11(14)4-2-10/h1-4,12H,5-9H2. The Morgan fingerprint density at radius 3 is 2.39 bits per heavy atom. The number of alkyl halides is 1. The summed E-state index contributed by atoms with van der Waals surface area (Å²) >= 11 is 5.52. The maximum absolute atomic E-state index is 12.8. The number of hydrogen-bond donors (Lipinski definition) is 0. The zero-order chi connectivity index (χ0) is 13.2. The van der Waals surface area contributed by atoms with Gasteiger partial charge in [-0.15, -0.1) is 11.6 Å². The molecule has 0 aromatic heterocycles. The summed E-state index contributed by atoms with van der Waals surface area (Å²) < 4.78 is 38.4. The van der Waals surface area contributed by atoms with Gasteiger partial charge < -0.3 is 0 Å². The molecule has 0 aliphatic heterocycles. The van der Waals surface area contributed by atoms with Gasteiger partial charge in [0, 0.05) is 18.5 Å². The first-order valence-corrected chi connectivity index (χ1v) is 7.97. The Hall–Kier alpha value is -0.650. The Morgan fingerprint density at radius 2 is 1.89 bits per heavy atom. The highest BCUT2D eigenvalue weighted by Gasteiger charge is 2.36. The van der Waals surface area contributed by atoms with Gasteiger partial charge >= 0.3 is 0 Å². The zero-order valence-electron chi connectivity index (χ0n) is 9.85. The number of nitrogens with zero attached hydrogens (tertiary/aromatic N) is 1. The third kappa shape index (κ3) is 3.43. The smallest absolute Gasteiger partial charge is 0.212 e. The minimum Gasteiger partial charge on any atom is -0.212 e. The van der Waals surface area contributed by atoms with Gasteiger partial charge in [-0.2, -0.15) is 4.31 Å². The van der Waals surface area contributed by atoms with Crippen LogP contribution in [0.1, 0.15) is 18.4 Å². The molecule has 1 aromatic carbocycles. The van der Waals surface area contributed by atoms with Crippen molar-refractivity contribution in [3.8, 4) is 0 Å². The van der Waals surface area contributed by atoms with Crippen LogP contribution in [0.3, 0.4) is 0 Å². The maximum Gasteiger partial charge on any atom is 0.215 e. The summed E-state index contributed by atoms with van der Waals surface area (Å²) in [6.45, 7) is 0.296. The van der Waals surface area contributed by atoms with E-state index >= 15 is 0 Å². The monoisotopic (exact) mass is 291 g/mol.